The van der Waals surface area contributed by atoms with E-state index in [4.69, 9.17) is 0 Å². The zero-order chi connectivity index (χ0) is 16.4. The van der Waals surface area contributed by atoms with Crippen molar-refractivity contribution in [3.63, 3.8) is 0 Å². The summed E-state index contributed by atoms with van der Waals surface area (Å²) in [7, 11) is 0. The quantitative estimate of drug-likeness (QED) is 0.895. The van der Waals surface area contributed by atoms with Crippen molar-refractivity contribution >= 4 is 5.91 Å². The molecular formula is C18H21N5O. The molecule has 6 nitrogen and oxygen atoms in total. The number of nitrogens with one attached hydrogen (secondary N) is 2. The number of aromatic nitrogens is 3. The Labute approximate surface area is 141 Å². The molecule has 4 rings (SSSR count). The average Bonchev–Trinajstić information content (AvgIpc) is 3.22. The van der Waals surface area contributed by atoms with Crippen molar-refractivity contribution in [3.05, 3.63) is 42.4 Å². The second-order valence-electron chi connectivity index (χ2n) is 6.57. The lowest BCUT2D eigenvalue weighted by molar-refractivity contribution is -0.131. The van der Waals surface area contributed by atoms with Gasteiger partial charge in [-0.05, 0) is 44.0 Å². The number of hydrogen-bond donors (Lipinski definition) is 2. The summed E-state index contributed by atoms with van der Waals surface area (Å²) < 4.78 is 0. The van der Waals surface area contributed by atoms with E-state index in [9.17, 15) is 4.79 Å². The molecule has 0 spiro atoms. The molecule has 0 bridgehead atoms. The first-order valence-corrected chi connectivity index (χ1v) is 8.53. The maximum atomic E-state index is 12.8. The van der Waals surface area contributed by atoms with Crippen molar-refractivity contribution in [2.75, 3.05) is 6.54 Å². The molecule has 0 aromatic carbocycles. The number of fused-ring (bicyclic) bond motifs is 1. The zero-order valence-corrected chi connectivity index (χ0v) is 13.5. The van der Waals surface area contributed by atoms with E-state index in [2.05, 4.69) is 25.6 Å². The van der Waals surface area contributed by atoms with Crippen molar-refractivity contribution in [1.29, 1.82) is 0 Å². The summed E-state index contributed by atoms with van der Waals surface area (Å²) in [6.07, 6.45) is 7.59. The van der Waals surface area contributed by atoms with Crippen LogP contribution in [-0.4, -0.2) is 33.4 Å². The van der Waals surface area contributed by atoms with Crippen LogP contribution in [0.2, 0.25) is 0 Å². The van der Waals surface area contributed by atoms with Crippen molar-refractivity contribution in [1.82, 2.24) is 25.6 Å². The number of nitrogens with zero attached hydrogens (tertiary/aromatic N) is 3. The fourth-order valence-electron chi connectivity index (χ4n) is 3.98. The molecule has 0 radical (unpaired) electrons. The predicted molar refractivity (Wildman–Crippen MR) is 89.8 cm³/mol. The maximum Gasteiger partial charge on any atom is 0.228 e. The van der Waals surface area contributed by atoms with Crippen LogP contribution in [0.15, 0.2) is 36.7 Å². The van der Waals surface area contributed by atoms with Crippen LogP contribution in [-0.2, 0) is 11.3 Å². The highest BCUT2D eigenvalue weighted by molar-refractivity contribution is 5.84. The van der Waals surface area contributed by atoms with E-state index in [0.717, 1.165) is 43.6 Å². The van der Waals surface area contributed by atoms with Gasteiger partial charge in [-0.3, -0.25) is 9.78 Å². The minimum atomic E-state index is -0.211. The first-order valence-electron chi connectivity index (χ1n) is 8.53. The molecule has 1 saturated heterocycles. The lowest BCUT2D eigenvalue weighted by Gasteiger charge is -2.27. The van der Waals surface area contributed by atoms with Gasteiger partial charge in [0.05, 0.1) is 17.7 Å². The van der Waals surface area contributed by atoms with Crippen LogP contribution >= 0.6 is 0 Å². The largest absolute Gasteiger partial charge is 0.350 e. The van der Waals surface area contributed by atoms with Crippen LogP contribution in [0.3, 0.4) is 0 Å². The lowest BCUT2D eigenvalue weighted by Crippen LogP contribution is -2.45. The van der Waals surface area contributed by atoms with Gasteiger partial charge in [-0.25, -0.2) is 9.97 Å². The summed E-state index contributed by atoms with van der Waals surface area (Å²) in [5, 5.41) is 6.57. The molecule has 2 fully saturated rings. The summed E-state index contributed by atoms with van der Waals surface area (Å²) in [6, 6.07) is 7.83. The molecule has 1 aliphatic carbocycles. The van der Waals surface area contributed by atoms with Crippen LogP contribution in [0.4, 0.5) is 0 Å². The number of pyridine rings is 1. The summed E-state index contributed by atoms with van der Waals surface area (Å²) >= 11 is 0. The molecular weight excluding hydrogens is 302 g/mol. The molecule has 2 aromatic rings. The van der Waals surface area contributed by atoms with E-state index in [1.54, 1.807) is 12.4 Å². The third-order valence-corrected chi connectivity index (χ3v) is 5.23. The molecule has 3 heterocycles. The normalized spacial score (nSPS) is 25.4. The Kier molecular flexibility index (Phi) is 3.98. The zero-order valence-electron chi connectivity index (χ0n) is 13.5. The highest BCUT2D eigenvalue weighted by Crippen LogP contribution is 2.44. The summed E-state index contributed by atoms with van der Waals surface area (Å²) in [5.74, 6) is 0.745. The minimum absolute atomic E-state index is 0.160. The van der Waals surface area contributed by atoms with Crippen molar-refractivity contribution in [2.24, 2.45) is 5.41 Å². The molecule has 1 amide bonds. The van der Waals surface area contributed by atoms with Crippen LogP contribution in [0, 0.1) is 5.41 Å². The van der Waals surface area contributed by atoms with Gasteiger partial charge in [-0.15, -0.1) is 0 Å². The van der Waals surface area contributed by atoms with Crippen LogP contribution in [0.1, 0.15) is 31.4 Å². The average molecular weight is 323 g/mol. The van der Waals surface area contributed by atoms with E-state index in [1.165, 1.54) is 0 Å². The van der Waals surface area contributed by atoms with Crippen LogP contribution < -0.4 is 10.6 Å². The van der Waals surface area contributed by atoms with Gasteiger partial charge < -0.3 is 10.6 Å². The second kappa shape index (κ2) is 6.28. The number of hydrogen-bond acceptors (Lipinski definition) is 5. The van der Waals surface area contributed by atoms with Gasteiger partial charge in [-0.1, -0.05) is 12.5 Å². The first kappa shape index (κ1) is 15.2. The fraction of sp³-hybridized carbons (Fsp3) is 0.444. The molecule has 2 aliphatic rings. The monoisotopic (exact) mass is 323 g/mol. The van der Waals surface area contributed by atoms with Crippen molar-refractivity contribution in [3.8, 4) is 11.5 Å². The molecule has 24 heavy (non-hydrogen) atoms. The van der Waals surface area contributed by atoms with Gasteiger partial charge in [0.15, 0.2) is 5.82 Å². The van der Waals surface area contributed by atoms with E-state index in [1.807, 2.05) is 24.3 Å². The van der Waals surface area contributed by atoms with Gasteiger partial charge >= 0.3 is 0 Å². The number of carbonyl (C=O) groups is 1. The second-order valence-corrected chi connectivity index (χ2v) is 6.57. The Morgan fingerprint density at radius 2 is 2.21 bits per heavy atom. The molecule has 1 saturated carbocycles. The first-order chi connectivity index (χ1) is 11.8. The van der Waals surface area contributed by atoms with Crippen LogP contribution in [0.25, 0.3) is 11.5 Å². The molecule has 0 unspecified atom stereocenters. The summed E-state index contributed by atoms with van der Waals surface area (Å²) in [4.78, 5) is 25.8. The smallest absolute Gasteiger partial charge is 0.228 e. The molecule has 2 aromatic heterocycles. The summed E-state index contributed by atoms with van der Waals surface area (Å²) in [6.45, 7) is 1.37. The number of rotatable bonds is 4. The molecule has 2 atom stereocenters. The topological polar surface area (TPSA) is 79.8 Å². The summed E-state index contributed by atoms with van der Waals surface area (Å²) in [5.41, 5.74) is 1.33. The Balaban J connectivity index is 1.46. The van der Waals surface area contributed by atoms with Gasteiger partial charge in [0.1, 0.15) is 5.69 Å². The Bertz CT molecular complexity index is 723. The molecule has 6 heteroatoms. The van der Waals surface area contributed by atoms with E-state index < -0.39 is 0 Å². The molecule has 2 N–H and O–H groups in total. The van der Waals surface area contributed by atoms with Crippen molar-refractivity contribution < 1.29 is 4.79 Å². The predicted octanol–water partition coefficient (Wildman–Crippen LogP) is 1.69. The van der Waals surface area contributed by atoms with Crippen LogP contribution in [0.5, 0.6) is 0 Å². The minimum Gasteiger partial charge on any atom is -0.350 e. The van der Waals surface area contributed by atoms with E-state index in [0.29, 0.717) is 18.4 Å². The van der Waals surface area contributed by atoms with E-state index in [-0.39, 0.29) is 11.3 Å². The molecule has 1 aliphatic heterocycles. The Morgan fingerprint density at radius 3 is 3.08 bits per heavy atom. The maximum absolute atomic E-state index is 12.8. The third kappa shape index (κ3) is 2.67. The number of amides is 1. The highest BCUT2D eigenvalue weighted by Gasteiger charge is 2.51. The highest BCUT2D eigenvalue weighted by atomic mass is 16.2. The van der Waals surface area contributed by atoms with Gasteiger partial charge in [-0.2, -0.15) is 0 Å². The third-order valence-electron chi connectivity index (χ3n) is 5.23. The SMILES string of the molecule is O=C(NCc1ccnc(-c2ccccn2)n1)[C@]12CCC[C@H]1NCC2. The standard InChI is InChI=1S/C18H21N5O/c24-17(18-7-3-5-15(18)20-11-8-18)22-12-13-6-10-21-16(23-13)14-4-1-2-9-19-14/h1-2,4,6,9-10,15,20H,3,5,7-8,11-12H2,(H,22,24)/t15-,18+/m1/s1. The number of carbonyl (C=O) groups excluding carboxylic acids is 1. The van der Waals surface area contributed by atoms with Crippen molar-refractivity contribution in [2.45, 2.75) is 38.3 Å². The molecule has 124 valence electrons. The van der Waals surface area contributed by atoms with Gasteiger partial charge in [0, 0.05) is 18.4 Å². The fourth-order valence-corrected chi connectivity index (χ4v) is 3.98. The van der Waals surface area contributed by atoms with Gasteiger partial charge in [0.25, 0.3) is 0 Å². The van der Waals surface area contributed by atoms with Gasteiger partial charge in [0.2, 0.25) is 5.91 Å². The van der Waals surface area contributed by atoms with E-state index >= 15 is 0 Å². The Morgan fingerprint density at radius 1 is 1.25 bits per heavy atom. The lowest BCUT2D eigenvalue weighted by atomic mass is 9.81. The Hall–Kier alpha value is -2.34.